The molecule has 1 unspecified atom stereocenters. The summed E-state index contributed by atoms with van der Waals surface area (Å²) in [5, 5.41) is 10.3. The van der Waals surface area contributed by atoms with E-state index in [0.717, 1.165) is 31.7 Å². The highest BCUT2D eigenvalue weighted by atomic mass is 32.2. The molecule has 0 aromatic carbocycles. The molecule has 0 spiro atoms. The molecule has 1 saturated carbocycles. The van der Waals surface area contributed by atoms with Crippen molar-refractivity contribution in [3.05, 3.63) is 17.1 Å². The number of nitrogens with zero attached hydrogens (tertiary/aromatic N) is 2. The van der Waals surface area contributed by atoms with E-state index in [1.807, 2.05) is 0 Å². The number of carboxylic acid groups (broad SMARTS) is 1. The fraction of sp³-hybridized carbons (Fsp3) is 0.615. The van der Waals surface area contributed by atoms with Crippen LogP contribution in [-0.4, -0.2) is 39.5 Å². The van der Waals surface area contributed by atoms with Gasteiger partial charge in [-0.25, -0.2) is 14.8 Å². The van der Waals surface area contributed by atoms with E-state index in [0.29, 0.717) is 28.5 Å². The number of hydrogen-bond donors (Lipinski definition) is 1. The first kappa shape index (κ1) is 12.9. The quantitative estimate of drug-likeness (QED) is 0.853. The molecule has 2 fully saturated rings. The molecule has 0 bridgehead atoms. The van der Waals surface area contributed by atoms with Gasteiger partial charge in [0.2, 0.25) is 0 Å². The van der Waals surface area contributed by atoms with E-state index >= 15 is 0 Å². The van der Waals surface area contributed by atoms with E-state index in [1.54, 1.807) is 6.92 Å². The van der Waals surface area contributed by atoms with Crippen LogP contribution in [0.25, 0.3) is 0 Å². The number of aromatic carboxylic acids is 1. The second-order valence-corrected chi connectivity index (χ2v) is 6.32. The standard InChI is InChI=1S/C13H16N2O3S/c1-7-10(13(16)17)12(19-9-4-5-18-6-9)15-11(14-7)8-2-3-8/h8-9H,2-6H2,1H3,(H,16,17). The van der Waals surface area contributed by atoms with Crippen LogP contribution in [0.3, 0.4) is 0 Å². The molecule has 1 N–H and O–H groups in total. The van der Waals surface area contributed by atoms with Gasteiger partial charge in [0.25, 0.3) is 0 Å². The molecule has 0 amide bonds. The third kappa shape index (κ3) is 2.74. The molecule has 0 radical (unpaired) electrons. The van der Waals surface area contributed by atoms with Crippen LogP contribution in [0, 0.1) is 6.92 Å². The lowest BCUT2D eigenvalue weighted by molar-refractivity contribution is 0.0690. The number of carboxylic acids is 1. The van der Waals surface area contributed by atoms with Crippen LogP contribution in [0.15, 0.2) is 5.03 Å². The largest absolute Gasteiger partial charge is 0.478 e. The lowest BCUT2D eigenvalue weighted by atomic mass is 10.2. The van der Waals surface area contributed by atoms with Gasteiger partial charge in [-0.3, -0.25) is 0 Å². The van der Waals surface area contributed by atoms with Gasteiger partial charge < -0.3 is 9.84 Å². The average molecular weight is 280 g/mol. The van der Waals surface area contributed by atoms with Crippen molar-refractivity contribution in [1.82, 2.24) is 9.97 Å². The third-order valence-electron chi connectivity index (χ3n) is 3.40. The maximum atomic E-state index is 11.4. The van der Waals surface area contributed by atoms with Crippen molar-refractivity contribution in [1.29, 1.82) is 0 Å². The fourth-order valence-corrected chi connectivity index (χ4v) is 3.38. The van der Waals surface area contributed by atoms with Crippen molar-refractivity contribution in [3.8, 4) is 0 Å². The van der Waals surface area contributed by atoms with Crippen LogP contribution in [0.5, 0.6) is 0 Å². The zero-order chi connectivity index (χ0) is 13.4. The van der Waals surface area contributed by atoms with E-state index in [-0.39, 0.29) is 5.56 Å². The molecule has 1 aromatic heterocycles. The topological polar surface area (TPSA) is 72.3 Å². The molecule has 5 nitrogen and oxygen atoms in total. The Bertz CT molecular complexity index is 511. The Morgan fingerprint density at radius 3 is 2.74 bits per heavy atom. The third-order valence-corrected chi connectivity index (χ3v) is 4.62. The Kier molecular flexibility index (Phi) is 3.45. The Balaban J connectivity index is 1.94. The van der Waals surface area contributed by atoms with Crippen molar-refractivity contribution >= 4 is 17.7 Å². The van der Waals surface area contributed by atoms with E-state index < -0.39 is 5.97 Å². The summed E-state index contributed by atoms with van der Waals surface area (Å²) in [5.74, 6) is 0.297. The summed E-state index contributed by atoms with van der Waals surface area (Å²) in [4.78, 5) is 20.2. The number of thioether (sulfide) groups is 1. The van der Waals surface area contributed by atoms with Crippen molar-refractivity contribution in [2.24, 2.45) is 0 Å². The summed E-state index contributed by atoms with van der Waals surface area (Å²) >= 11 is 1.52. The summed E-state index contributed by atoms with van der Waals surface area (Å²) in [5.41, 5.74) is 0.826. The predicted molar refractivity (Wildman–Crippen MR) is 70.8 cm³/mol. The molecule has 19 heavy (non-hydrogen) atoms. The molecule has 1 aromatic rings. The van der Waals surface area contributed by atoms with Gasteiger partial charge in [-0.1, -0.05) is 11.8 Å². The number of ether oxygens (including phenoxy) is 1. The minimum atomic E-state index is -0.943. The van der Waals surface area contributed by atoms with Gasteiger partial charge in [0, 0.05) is 17.8 Å². The van der Waals surface area contributed by atoms with Gasteiger partial charge in [0.15, 0.2) is 0 Å². The number of carbonyl (C=O) groups is 1. The summed E-state index contributed by atoms with van der Waals surface area (Å²) < 4.78 is 5.34. The lowest BCUT2D eigenvalue weighted by Gasteiger charge is -2.12. The normalized spacial score (nSPS) is 22.7. The fourth-order valence-electron chi connectivity index (χ4n) is 2.19. The molecular formula is C13H16N2O3S. The Morgan fingerprint density at radius 2 is 2.16 bits per heavy atom. The van der Waals surface area contributed by atoms with E-state index in [1.165, 1.54) is 11.8 Å². The number of rotatable bonds is 4. The molecular weight excluding hydrogens is 264 g/mol. The van der Waals surface area contributed by atoms with E-state index in [9.17, 15) is 9.90 Å². The van der Waals surface area contributed by atoms with Crippen LogP contribution >= 0.6 is 11.8 Å². The first-order chi connectivity index (χ1) is 9.15. The second kappa shape index (κ2) is 5.09. The van der Waals surface area contributed by atoms with Crippen molar-refractivity contribution in [2.75, 3.05) is 13.2 Å². The minimum Gasteiger partial charge on any atom is -0.478 e. The number of aromatic nitrogens is 2. The van der Waals surface area contributed by atoms with Gasteiger partial charge in [0.1, 0.15) is 16.4 Å². The second-order valence-electron chi connectivity index (χ2n) is 5.03. The molecule has 6 heteroatoms. The van der Waals surface area contributed by atoms with E-state index in [2.05, 4.69) is 9.97 Å². The molecule has 3 rings (SSSR count). The van der Waals surface area contributed by atoms with Crippen LogP contribution in [0.4, 0.5) is 0 Å². The zero-order valence-electron chi connectivity index (χ0n) is 10.8. The number of aryl methyl sites for hydroxylation is 1. The molecule has 1 saturated heterocycles. The highest BCUT2D eigenvalue weighted by Crippen LogP contribution is 2.40. The highest BCUT2D eigenvalue weighted by Gasteiger charge is 2.30. The van der Waals surface area contributed by atoms with Crippen LogP contribution < -0.4 is 0 Å². The molecule has 2 heterocycles. The Hall–Kier alpha value is -1.14. The predicted octanol–water partition coefficient (Wildman–Crippen LogP) is 2.24. The Labute approximate surface area is 115 Å². The van der Waals surface area contributed by atoms with Gasteiger partial charge in [-0.05, 0) is 26.2 Å². The SMILES string of the molecule is Cc1nc(C2CC2)nc(SC2CCOC2)c1C(=O)O. The first-order valence-electron chi connectivity index (χ1n) is 6.51. The summed E-state index contributed by atoms with van der Waals surface area (Å²) in [7, 11) is 0. The zero-order valence-corrected chi connectivity index (χ0v) is 11.6. The lowest BCUT2D eigenvalue weighted by Crippen LogP contribution is -2.11. The van der Waals surface area contributed by atoms with Gasteiger partial charge >= 0.3 is 5.97 Å². The van der Waals surface area contributed by atoms with Gasteiger partial charge in [-0.2, -0.15) is 0 Å². The van der Waals surface area contributed by atoms with Crippen LogP contribution in [0.2, 0.25) is 0 Å². The first-order valence-corrected chi connectivity index (χ1v) is 7.39. The maximum Gasteiger partial charge on any atom is 0.340 e. The summed E-state index contributed by atoms with van der Waals surface area (Å²) in [6.45, 7) is 3.18. The maximum absolute atomic E-state index is 11.4. The molecule has 1 aliphatic carbocycles. The Morgan fingerprint density at radius 1 is 1.37 bits per heavy atom. The van der Waals surface area contributed by atoms with Gasteiger partial charge in [0.05, 0.1) is 12.3 Å². The van der Waals surface area contributed by atoms with Crippen molar-refractivity contribution in [3.63, 3.8) is 0 Å². The van der Waals surface area contributed by atoms with Crippen molar-refractivity contribution < 1.29 is 14.6 Å². The molecule has 2 aliphatic rings. The average Bonchev–Trinajstić information content (AvgIpc) is 3.08. The highest BCUT2D eigenvalue weighted by molar-refractivity contribution is 8.00. The van der Waals surface area contributed by atoms with Gasteiger partial charge in [-0.15, -0.1) is 0 Å². The van der Waals surface area contributed by atoms with Crippen LogP contribution in [-0.2, 0) is 4.74 Å². The van der Waals surface area contributed by atoms with Crippen molar-refractivity contribution in [2.45, 2.75) is 42.4 Å². The summed E-state index contributed by atoms with van der Waals surface area (Å²) in [6.07, 6.45) is 3.18. The minimum absolute atomic E-state index is 0.251. The molecule has 1 atom stereocenters. The molecule has 1 aliphatic heterocycles. The van der Waals surface area contributed by atoms with Crippen LogP contribution in [0.1, 0.15) is 47.1 Å². The monoisotopic (exact) mass is 280 g/mol. The van der Waals surface area contributed by atoms with E-state index in [4.69, 9.17) is 4.74 Å². The number of hydrogen-bond acceptors (Lipinski definition) is 5. The molecule has 102 valence electrons. The smallest absolute Gasteiger partial charge is 0.340 e. The summed E-state index contributed by atoms with van der Waals surface area (Å²) in [6, 6.07) is 0.